The van der Waals surface area contributed by atoms with Gasteiger partial charge in [-0.15, -0.1) is 0 Å². The summed E-state index contributed by atoms with van der Waals surface area (Å²) in [6, 6.07) is 53.6. The van der Waals surface area contributed by atoms with Gasteiger partial charge in [0, 0.05) is 28.3 Å². The van der Waals surface area contributed by atoms with E-state index in [1.165, 1.54) is 72.4 Å². The minimum Gasteiger partial charge on any atom is -0.457 e. The van der Waals surface area contributed by atoms with E-state index in [0.29, 0.717) is 11.8 Å². The second-order valence-electron chi connectivity index (χ2n) is 20.7. The van der Waals surface area contributed by atoms with E-state index in [1.807, 2.05) is 0 Å². The normalized spacial score (nSPS) is 24.3. The molecule has 1 spiro atoms. The zero-order valence-electron chi connectivity index (χ0n) is 38.9. The molecule has 64 heavy (non-hydrogen) atoms. The molecule has 320 valence electrons. The molecule has 0 amide bonds. The number of hydrogen-bond acceptors (Lipinski definition) is 2. The maximum atomic E-state index is 6.67. The highest BCUT2D eigenvalue weighted by Gasteiger charge is 2.51. The zero-order valence-corrected chi connectivity index (χ0v) is 38.9. The van der Waals surface area contributed by atoms with Crippen molar-refractivity contribution in [1.29, 1.82) is 0 Å². The standard InChI is InChI=1S/C62H61NO/c1-40-30-38-55(44-19-10-9-11-20-44)63-56(39-48(40)43-33-31-42(32-34-43)45-35-37-49(60(3,4)5)41(2)29-36-50(45)61(6,7)8)47-22-18-26-54-59(47)46-21-12-13-23-51(46)62(54)52-24-14-16-27-57(52)64-58-28-17-15-25-53(58)62/h9-28,31-37,39-41,48H,29-30,38H2,1-8H3/b45-35-,49-37+,50-36-,56-39-,63-55+. The molecule has 0 saturated heterocycles. The molecule has 4 aliphatic rings. The Balaban J connectivity index is 1.16. The van der Waals surface area contributed by atoms with Crippen molar-refractivity contribution in [2.24, 2.45) is 27.7 Å². The van der Waals surface area contributed by atoms with Crippen LogP contribution in [0.5, 0.6) is 11.5 Å². The quantitative estimate of drug-likeness (QED) is 0.173. The number of benzene rings is 6. The molecule has 6 aromatic carbocycles. The molecule has 2 heteroatoms. The number of para-hydroxylation sites is 2. The van der Waals surface area contributed by atoms with Crippen LogP contribution in [0.25, 0.3) is 22.4 Å². The third-order valence-electron chi connectivity index (χ3n) is 14.5. The molecule has 0 aromatic heterocycles. The fraction of sp³-hybridized carbons (Fsp3) is 0.274. The highest BCUT2D eigenvalue weighted by molar-refractivity contribution is 6.05. The number of nitrogens with zero attached hydrogens (tertiary/aromatic N) is 1. The summed E-state index contributed by atoms with van der Waals surface area (Å²) in [5.41, 5.74) is 18.4. The smallest absolute Gasteiger partial charge is 0.132 e. The number of ether oxygens (including phenoxy) is 1. The van der Waals surface area contributed by atoms with Gasteiger partial charge in [0.25, 0.3) is 0 Å². The van der Waals surface area contributed by atoms with Crippen LogP contribution in [0.1, 0.15) is 125 Å². The molecule has 10 rings (SSSR count). The number of allylic oxidation sites excluding steroid dienone is 7. The van der Waals surface area contributed by atoms with Gasteiger partial charge in [0.15, 0.2) is 0 Å². The first-order valence-corrected chi connectivity index (χ1v) is 23.5. The topological polar surface area (TPSA) is 21.6 Å². The largest absolute Gasteiger partial charge is 0.457 e. The number of aliphatic imine (C=N–C) groups is 1. The number of hydrogen-bond donors (Lipinski definition) is 0. The minimum atomic E-state index is -0.545. The Hall–Kier alpha value is -6.25. The van der Waals surface area contributed by atoms with Crippen LogP contribution in [0.2, 0.25) is 0 Å². The Morgan fingerprint density at radius 3 is 1.86 bits per heavy atom. The third kappa shape index (κ3) is 7.07. The van der Waals surface area contributed by atoms with Crippen LogP contribution in [0.15, 0.2) is 186 Å². The average Bonchev–Trinajstić information content (AvgIpc) is 3.57. The van der Waals surface area contributed by atoms with Gasteiger partial charge < -0.3 is 4.74 Å². The summed E-state index contributed by atoms with van der Waals surface area (Å²) >= 11 is 0. The van der Waals surface area contributed by atoms with E-state index in [0.717, 1.165) is 42.2 Å². The van der Waals surface area contributed by atoms with Crippen LogP contribution in [-0.2, 0) is 5.41 Å². The fourth-order valence-corrected chi connectivity index (χ4v) is 11.4. The van der Waals surface area contributed by atoms with Gasteiger partial charge in [0.1, 0.15) is 11.5 Å². The Bertz CT molecular complexity index is 2870. The highest BCUT2D eigenvalue weighted by Crippen LogP contribution is 2.63. The first-order valence-electron chi connectivity index (χ1n) is 23.5. The minimum absolute atomic E-state index is 0.0133. The van der Waals surface area contributed by atoms with Gasteiger partial charge in [0.2, 0.25) is 0 Å². The van der Waals surface area contributed by atoms with Crippen molar-refractivity contribution in [3.8, 4) is 22.6 Å². The van der Waals surface area contributed by atoms with Crippen molar-refractivity contribution in [3.05, 3.63) is 226 Å². The lowest BCUT2D eigenvalue weighted by Crippen LogP contribution is -2.32. The maximum absolute atomic E-state index is 6.67. The van der Waals surface area contributed by atoms with E-state index in [-0.39, 0.29) is 16.7 Å². The predicted octanol–water partition coefficient (Wildman–Crippen LogP) is 16.6. The third-order valence-corrected chi connectivity index (χ3v) is 14.5. The van der Waals surface area contributed by atoms with E-state index in [9.17, 15) is 0 Å². The van der Waals surface area contributed by atoms with Crippen molar-refractivity contribution in [1.82, 2.24) is 0 Å². The molecule has 3 unspecified atom stereocenters. The molecule has 0 radical (unpaired) electrons. The van der Waals surface area contributed by atoms with E-state index in [4.69, 9.17) is 9.73 Å². The van der Waals surface area contributed by atoms with Gasteiger partial charge in [-0.1, -0.05) is 219 Å². The van der Waals surface area contributed by atoms with E-state index in [2.05, 4.69) is 225 Å². The molecule has 0 fully saturated rings. The summed E-state index contributed by atoms with van der Waals surface area (Å²) in [6.07, 6.45) is 12.9. The Morgan fingerprint density at radius 1 is 0.578 bits per heavy atom. The Morgan fingerprint density at radius 2 is 1.19 bits per heavy atom. The SMILES string of the molecule is CC1C/C=C(C(C)(C)C)/C(c2ccc(C3/C=C(c4cccc5c4-c4ccccc4C54c5ccccc5Oc5ccccc54)\N=C(\c4ccccc4)CCC3C)cc2)=C\C=C/1C(C)(C)C. The van der Waals surface area contributed by atoms with Crippen LogP contribution < -0.4 is 4.74 Å². The maximum Gasteiger partial charge on any atom is 0.132 e. The van der Waals surface area contributed by atoms with Crippen LogP contribution in [0.4, 0.5) is 0 Å². The van der Waals surface area contributed by atoms with Gasteiger partial charge in [-0.05, 0) is 104 Å². The summed E-state index contributed by atoms with van der Waals surface area (Å²) in [4.78, 5) is 5.77. The lowest BCUT2D eigenvalue weighted by atomic mass is 9.66. The van der Waals surface area contributed by atoms with Crippen molar-refractivity contribution in [2.45, 2.75) is 86.0 Å². The molecular weight excluding hydrogens is 775 g/mol. The number of rotatable bonds is 4. The van der Waals surface area contributed by atoms with Crippen molar-refractivity contribution < 1.29 is 4.74 Å². The van der Waals surface area contributed by atoms with Crippen LogP contribution in [-0.4, -0.2) is 5.71 Å². The van der Waals surface area contributed by atoms with Gasteiger partial charge in [-0.2, -0.15) is 0 Å². The summed E-state index contributed by atoms with van der Waals surface area (Å²) in [5.74, 6) is 2.85. The molecule has 0 saturated carbocycles. The fourth-order valence-electron chi connectivity index (χ4n) is 11.4. The monoisotopic (exact) mass is 835 g/mol. The highest BCUT2D eigenvalue weighted by atomic mass is 16.5. The molecular formula is C62H61NO. The van der Waals surface area contributed by atoms with Crippen molar-refractivity contribution in [3.63, 3.8) is 0 Å². The first-order chi connectivity index (χ1) is 30.8. The lowest BCUT2D eigenvalue weighted by Gasteiger charge is -2.39. The van der Waals surface area contributed by atoms with Crippen LogP contribution in [0.3, 0.4) is 0 Å². The summed E-state index contributed by atoms with van der Waals surface area (Å²) < 4.78 is 6.67. The van der Waals surface area contributed by atoms with Gasteiger partial charge >= 0.3 is 0 Å². The van der Waals surface area contributed by atoms with Gasteiger partial charge in [0.05, 0.1) is 11.1 Å². The second-order valence-corrected chi connectivity index (χ2v) is 20.7. The first kappa shape index (κ1) is 41.7. The van der Waals surface area contributed by atoms with Crippen molar-refractivity contribution >= 4 is 17.0 Å². The van der Waals surface area contributed by atoms with Crippen molar-refractivity contribution in [2.75, 3.05) is 0 Å². The second kappa shape index (κ2) is 16.1. The van der Waals surface area contributed by atoms with E-state index >= 15 is 0 Å². The Kier molecular flexibility index (Phi) is 10.5. The molecule has 2 aliphatic carbocycles. The molecule has 0 bridgehead atoms. The zero-order chi connectivity index (χ0) is 44.4. The van der Waals surface area contributed by atoms with Gasteiger partial charge in [-0.25, -0.2) is 0 Å². The Labute approximate surface area is 381 Å². The molecule has 3 atom stereocenters. The summed E-state index contributed by atoms with van der Waals surface area (Å²) in [6.45, 7) is 18.9. The predicted molar refractivity (Wildman–Crippen MR) is 269 cm³/mol. The molecule has 2 heterocycles. The molecule has 2 aliphatic heterocycles. The molecule has 6 aromatic rings. The average molecular weight is 836 g/mol. The van der Waals surface area contributed by atoms with Gasteiger partial charge in [-0.3, -0.25) is 4.99 Å². The molecule has 2 nitrogen and oxygen atoms in total. The summed E-state index contributed by atoms with van der Waals surface area (Å²) in [5, 5.41) is 0. The summed E-state index contributed by atoms with van der Waals surface area (Å²) in [7, 11) is 0. The van der Waals surface area contributed by atoms with E-state index in [1.54, 1.807) is 0 Å². The van der Waals surface area contributed by atoms with Crippen LogP contribution >= 0.6 is 0 Å². The van der Waals surface area contributed by atoms with E-state index < -0.39 is 5.41 Å². The van der Waals surface area contributed by atoms with Crippen LogP contribution in [0, 0.1) is 22.7 Å². The number of fused-ring (bicyclic) bond motifs is 9. The lowest BCUT2D eigenvalue weighted by molar-refractivity contribution is 0.433. The molecule has 0 N–H and O–H groups in total.